The molecule has 0 radical (unpaired) electrons. The molecule has 0 bridgehead atoms. The monoisotopic (exact) mass is 383 g/mol. The number of aromatic nitrogens is 2. The molecule has 0 aromatic carbocycles. The van der Waals surface area contributed by atoms with Crippen molar-refractivity contribution in [1.82, 2.24) is 9.55 Å². The standard InChI is InChI=1S/C18H29N3O6/c1-3-26-17(22)10-8-6-4-5-7-9-11-18(23)27-13-12-20-15(2)19-14-16(20)21(24)25/h14H,3-13H2,1-2H3. The summed E-state index contributed by atoms with van der Waals surface area (Å²) in [6, 6.07) is 0. The molecule has 0 N–H and O–H groups in total. The molecule has 0 spiro atoms. The Labute approximate surface area is 159 Å². The van der Waals surface area contributed by atoms with E-state index in [1.165, 1.54) is 10.8 Å². The van der Waals surface area contributed by atoms with Crippen LogP contribution in [0, 0.1) is 17.0 Å². The van der Waals surface area contributed by atoms with E-state index < -0.39 is 4.92 Å². The van der Waals surface area contributed by atoms with Gasteiger partial charge >= 0.3 is 17.8 Å². The van der Waals surface area contributed by atoms with Crippen molar-refractivity contribution in [2.45, 2.75) is 71.8 Å². The molecule has 9 nitrogen and oxygen atoms in total. The maximum Gasteiger partial charge on any atom is 0.342 e. The Morgan fingerprint density at radius 1 is 1.07 bits per heavy atom. The predicted octanol–water partition coefficient (Wildman–Crippen LogP) is 3.33. The molecule has 0 aliphatic heterocycles. The minimum atomic E-state index is -0.505. The Kier molecular flexibility index (Phi) is 10.7. The predicted molar refractivity (Wildman–Crippen MR) is 98.1 cm³/mol. The molecule has 0 amide bonds. The summed E-state index contributed by atoms with van der Waals surface area (Å²) in [5.74, 6) is -0.0265. The quantitative estimate of drug-likeness (QED) is 0.209. The second kappa shape index (κ2) is 12.8. The summed E-state index contributed by atoms with van der Waals surface area (Å²) in [6.07, 6.45) is 7.54. The number of esters is 2. The van der Waals surface area contributed by atoms with Crippen molar-refractivity contribution in [1.29, 1.82) is 0 Å². The maximum atomic E-state index is 11.7. The Morgan fingerprint density at radius 3 is 2.19 bits per heavy atom. The first-order valence-corrected chi connectivity index (χ1v) is 9.43. The van der Waals surface area contributed by atoms with E-state index in [2.05, 4.69) is 4.98 Å². The number of hydrogen-bond acceptors (Lipinski definition) is 7. The molecule has 9 heteroatoms. The third kappa shape index (κ3) is 9.16. The van der Waals surface area contributed by atoms with Crippen LogP contribution in [0.2, 0.25) is 0 Å². The van der Waals surface area contributed by atoms with Gasteiger partial charge in [-0.15, -0.1) is 0 Å². The zero-order valence-electron chi connectivity index (χ0n) is 16.1. The lowest BCUT2D eigenvalue weighted by Gasteiger charge is -2.06. The summed E-state index contributed by atoms with van der Waals surface area (Å²) < 4.78 is 11.4. The number of rotatable bonds is 14. The van der Waals surface area contributed by atoms with Crippen molar-refractivity contribution in [2.75, 3.05) is 13.2 Å². The van der Waals surface area contributed by atoms with Gasteiger partial charge in [-0.25, -0.2) is 9.55 Å². The number of carbonyl (C=O) groups is 2. The van der Waals surface area contributed by atoms with E-state index in [-0.39, 0.29) is 30.9 Å². The van der Waals surface area contributed by atoms with Gasteiger partial charge in [-0.05, 0) is 24.7 Å². The van der Waals surface area contributed by atoms with Crippen LogP contribution in [0.1, 0.15) is 64.1 Å². The Morgan fingerprint density at radius 2 is 1.63 bits per heavy atom. The molecule has 0 aliphatic rings. The van der Waals surface area contributed by atoms with E-state index in [9.17, 15) is 19.7 Å². The summed E-state index contributed by atoms with van der Waals surface area (Å²) in [6.45, 7) is 4.19. The molecule has 1 aromatic rings. The molecule has 0 fully saturated rings. The third-order valence-corrected chi connectivity index (χ3v) is 4.12. The van der Waals surface area contributed by atoms with Crippen molar-refractivity contribution in [3.63, 3.8) is 0 Å². The van der Waals surface area contributed by atoms with E-state index in [1.807, 2.05) is 0 Å². The van der Waals surface area contributed by atoms with Crippen molar-refractivity contribution >= 4 is 17.8 Å². The highest BCUT2D eigenvalue weighted by Crippen LogP contribution is 2.13. The van der Waals surface area contributed by atoms with Gasteiger partial charge in [0.25, 0.3) is 0 Å². The number of nitro groups is 1. The first kappa shape index (κ1) is 22.6. The molecule has 27 heavy (non-hydrogen) atoms. The van der Waals surface area contributed by atoms with Crippen LogP contribution in [0.25, 0.3) is 0 Å². The molecule has 0 unspecified atom stereocenters. The highest BCUT2D eigenvalue weighted by Gasteiger charge is 2.17. The number of unbranched alkanes of at least 4 members (excludes halogenated alkanes) is 5. The third-order valence-electron chi connectivity index (χ3n) is 4.12. The van der Waals surface area contributed by atoms with Gasteiger partial charge in [0.2, 0.25) is 0 Å². The van der Waals surface area contributed by atoms with Crippen LogP contribution in [0.3, 0.4) is 0 Å². The molecule has 0 aliphatic carbocycles. The summed E-state index contributed by atoms with van der Waals surface area (Å²) in [4.78, 5) is 37.2. The number of aryl methyl sites for hydroxylation is 1. The van der Waals surface area contributed by atoms with Gasteiger partial charge in [0.1, 0.15) is 19.3 Å². The molecule has 1 rings (SSSR count). The van der Waals surface area contributed by atoms with E-state index in [0.29, 0.717) is 25.3 Å². The van der Waals surface area contributed by atoms with Crippen molar-refractivity contribution in [3.05, 3.63) is 22.1 Å². The van der Waals surface area contributed by atoms with Gasteiger partial charge in [0.15, 0.2) is 5.82 Å². The topological polar surface area (TPSA) is 114 Å². The van der Waals surface area contributed by atoms with Crippen LogP contribution in [0.15, 0.2) is 6.20 Å². The molecule has 0 saturated carbocycles. The smallest absolute Gasteiger partial charge is 0.342 e. The summed E-state index contributed by atoms with van der Waals surface area (Å²) in [5, 5.41) is 10.9. The van der Waals surface area contributed by atoms with Crippen LogP contribution >= 0.6 is 0 Å². The SMILES string of the molecule is CCOC(=O)CCCCCCCCC(=O)OCCn1c([N+](=O)[O-])cnc1C. The van der Waals surface area contributed by atoms with E-state index in [4.69, 9.17) is 9.47 Å². The van der Waals surface area contributed by atoms with Crippen molar-refractivity contribution < 1.29 is 24.0 Å². The van der Waals surface area contributed by atoms with Crippen LogP contribution in [-0.4, -0.2) is 39.6 Å². The zero-order valence-corrected chi connectivity index (χ0v) is 16.1. The normalized spacial score (nSPS) is 10.6. The van der Waals surface area contributed by atoms with Crippen LogP contribution < -0.4 is 0 Å². The van der Waals surface area contributed by atoms with Gasteiger partial charge in [-0.3, -0.25) is 9.59 Å². The van der Waals surface area contributed by atoms with E-state index >= 15 is 0 Å². The van der Waals surface area contributed by atoms with Crippen LogP contribution in [0.4, 0.5) is 5.82 Å². The second-order valence-corrected chi connectivity index (χ2v) is 6.22. The lowest BCUT2D eigenvalue weighted by molar-refractivity contribution is -0.392. The Balaban J connectivity index is 2.04. The summed E-state index contributed by atoms with van der Waals surface area (Å²) >= 11 is 0. The van der Waals surface area contributed by atoms with Crippen molar-refractivity contribution in [2.24, 2.45) is 0 Å². The van der Waals surface area contributed by atoms with Crippen molar-refractivity contribution in [3.8, 4) is 0 Å². The largest absolute Gasteiger partial charge is 0.466 e. The Bertz CT molecular complexity index is 614. The second-order valence-electron chi connectivity index (χ2n) is 6.22. The number of hydrogen-bond donors (Lipinski definition) is 0. The summed E-state index contributed by atoms with van der Waals surface area (Å²) in [5.41, 5.74) is 0. The van der Waals surface area contributed by atoms with E-state index in [0.717, 1.165) is 38.5 Å². The molecule has 0 atom stereocenters. The van der Waals surface area contributed by atoms with Crippen LogP contribution in [-0.2, 0) is 25.6 Å². The zero-order chi connectivity index (χ0) is 20.1. The minimum Gasteiger partial charge on any atom is -0.466 e. The Hall–Kier alpha value is -2.45. The number of ether oxygens (including phenoxy) is 2. The van der Waals surface area contributed by atoms with E-state index in [1.54, 1.807) is 13.8 Å². The summed E-state index contributed by atoms with van der Waals surface area (Å²) in [7, 11) is 0. The number of nitrogens with zero attached hydrogens (tertiary/aromatic N) is 3. The fourth-order valence-electron chi connectivity index (χ4n) is 2.68. The molecular weight excluding hydrogens is 354 g/mol. The fourth-order valence-corrected chi connectivity index (χ4v) is 2.68. The van der Waals surface area contributed by atoms with Gasteiger partial charge in [0, 0.05) is 19.8 Å². The van der Waals surface area contributed by atoms with Crippen LogP contribution in [0.5, 0.6) is 0 Å². The maximum absolute atomic E-state index is 11.7. The highest BCUT2D eigenvalue weighted by atomic mass is 16.6. The average Bonchev–Trinajstić information content (AvgIpc) is 2.98. The minimum absolute atomic E-state index is 0.0880. The lowest BCUT2D eigenvalue weighted by atomic mass is 10.1. The molecular formula is C18H29N3O6. The lowest BCUT2D eigenvalue weighted by Crippen LogP contribution is -2.13. The molecule has 0 saturated heterocycles. The molecule has 152 valence electrons. The molecule has 1 heterocycles. The highest BCUT2D eigenvalue weighted by molar-refractivity contribution is 5.69. The number of imidazole rings is 1. The van der Waals surface area contributed by atoms with Gasteiger partial charge in [0.05, 0.1) is 6.61 Å². The van der Waals surface area contributed by atoms with Gasteiger partial charge in [-0.1, -0.05) is 25.7 Å². The fraction of sp³-hybridized carbons (Fsp3) is 0.722. The first-order valence-electron chi connectivity index (χ1n) is 9.43. The average molecular weight is 383 g/mol. The van der Waals surface area contributed by atoms with Gasteiger partial charge in [-0.2, -0.15) is 0 Å². The first-order chi connectivity index (χ1) is 13.0. The molecule has 1 aromatic heterocycles. The van der Waals surface area contributed by atoms with Gasteiger partial charge < -0.3 is 19.6 Å². The number of carbonyl (C=O) groups excluding carboxylic acids is 2.